The standard InChI is InChI=1S/C10H16N4S/c1-8(6-11)12-3-2-9-7-15-10-13-4-5-14(9)10/h4-5,7-8,12H,2-3,6,11H2,1H3/t8-/m1/s1. The lowest BCUT2D eigenvalue weighted by atomic mass is 10.3. The van der Waals surface area contributed by atoms with Crippen LogP contribution in [-0.2, 0) is 6.42 Å². The van der Waals surface area contributed by atoms with Gasteiger partial charge in [-0.1, -0.05) is 0 Å². The number of fused-ring (bicyclic) bond motifs is 1. The van der Waals surface area contributed by atoms with Crippen LogP contribution in [0.1, 0.15) is 12.6 Å². The molecule has 0 aliphatic rings. The highest BCUT2D eigenvalue weighted by Gasteiger charge is 2.04. The molecule has 0 saturated heterocycles. The summed E-state index contributed by atoms with van der Waals surface area (Å²) in [6, 6.07) is 0.391. The van der Waals surface area contributed by atoms with Crippen molar-refractivity contribution in [1.29, 1.82) is 0 Å². The summed E-state index contributed by atoms with van der Waals surface area (Å²) in [5.41, 5.74) is 6.84. The molecule has 2 heterocycles. The number of rotatable bonds is 5. The van der Waals surface area contributed by atoms with E-state index in [1.807, 2.05) is 12.4 Å². The zero-order valence-electron chi connectivity index (χ0n) is 8.81. The zero-order valence-corrected chi connectivity index (χ0v) is 9.63. The third-order valence-corrected chi connectivity index (χ3v) is 3.35. The second kappa shape index (κ2) is 4.74. The monoisotopic (exact) mass is 224 g/mol. The molecule has 3 N–H and O–H groups in total. The molecule has 0 spiro atoms. The lowest BCUT2D eigenvalue weighted by Gasteiger charge is -2.10. The molecule has 2 rings (SSSR count). The Labute approximate surface area is 93.1 Å². The molecule has 0 aliphatic carbocycles. The highest BCUT2D eigenvalue weighted by Crippen LogP contribution is 2.14. The number of imidazole rings is 1. The van der Waals surface area contributed by atoms with Gasteiger partial charge in [0.2, 0.25) is 0 Å². The van der Waals surface area contributed by atoms with Gasteiger partial charge in [0.1, 0.15) is 0 Å². The van der Waals surface area contributed by atoms with Gasteiger partial charge in [0, 0.05) is 49.0 Å². The van der Waals surface area contributed by atoms with Crippen molar-refractivity contribution in [3.05, 3.63) is 23.5 Å². The first-order valence-electron chi connectivity index (χ1n) is 5.14. The number of hydrogen-bond acceptors (Lipinski definition) is 4. The normalized spacial score (nSPS) is 13.5. The number of hydrogen-bond donors (Lipinski definition) is 2. The maximum Gasteiger partial charge on any atom is 0.193 e. The summed E-state index contributed by atoms with van der Waals surface area (Å²) in [5, 5.41) is 5.54. The Morgan fingerprint density at radius 2 is 2.53 bits per heavy atom. The van der Waals surface area contributed by atoms with E-state index in [0.29, 0.717) is 12.6 Å². The number of aromatic nitrogens is 2. The smallest absolute Gasteiger partial charge is 0.193 e. The lowest BCUT2D eigenvalue weighted by molar-refractivity contribution is 0.556. The first kappa shape index (κ1) is 10.6. The van der Waals surface area contributed by atoms with E-state index in [2.05, 4.69) is 27.0 Å². The highest BCUT2D eigenvalue weighted by atomic mass is 32.1. The summed E-state index contributed by atoms with van der Waals surface area (Å²) in [5.74, 6) is 0. The van der Waals surface area contributed by atoms with Gasteiger partial charge in [-0.25, -0.2) is 4.98 Å². The van der Waals surface area contributed by atoms with Gasteiger partial charge in [-0.05, 0) is 6.92 Å². The number of thiazole rings is 1. The molecule has 0 aliphatic heterocycles. The van der Waals surface area contributed by atoms with Crippen molar-refractivity contribution in [3.63, 3.8) is 0 Å². The fraction of sp³-hybridized carbons (Fsp3) is 0.500. The molecule has 0 radical (unpaired) electrons. The van der Waals surface area contributed by atoms with Crippen LogP contribution in [0.5, 0.6) is 0 Å². The fourth-order valence-corrected chi connectivity index (χ4v) is 2.37. The summed E-state index contributed by atoms with van der Waals surface area (Å²) < 4.78 is 2.14. The number of nitrogens with one attached hydrogen (secondary N) is 1. The molecule has 1 atom stereocenters. The van der Waals surface area contributed by atoms with Gasteiger partial charge in [0.25, 0.3) is 0 Å². The van der Waals surface area contributed by atoms with Crippen LogP contribution in [0.4, 0.5) is 0 Å². The third-order valence-electron chi connectivity index (χ3n) is 2.44. The Bertz CT molecular complexity index is 420. The molecule has 0 amide bonds. The molecular weight excluding hydrogens is 208 g/mol. The molecule has 82 valence electrons. The van der Waals surface area contributed by atoms with Gasteiger partial charge in [0.05, 0.1) is 0 Å². The Kier molecular flexibility index (Phi) is 3.35. The van der Waals surface area contributed by atoms with Gasteiger partial charge in [-0.2, -0.15) is 0 Å². The average Bonchev–Trinajstić information content (AvgIpc) is 2.81. The fourth-order valence-electron chi connectivity index (χ4n) is 1.48. The summed E-state index contributed by atoms with van der Waals surface area (Å²) in [6.45, 7) is 3.74. The van der Waals surface area contributed by atoms with E-state index in [0.717, 1.165) is 17.9 Å². The molecule has 2 aromatic heterocycles. The molecule has 5 heteroatoms. The topological polar surface area (TPSA) is 55.3 Å². The predicted molar refractivity (Wildman–Crippen MR) is 63.3 cm³/mol. The first-order chi connectivity index (χ1) is 7.31. The van der Waals surface area contributed by atoms with Gasteiger partial charge >= 0.3 is 0 Å². The van der Waals surface area contributed by atoms with E-state index in [9.17, 15) is 0 Å². The average molecular weight is 224 g/mol. The summed E-state index contributed by atoms with van der Waals surface area (Å²) in [4.78, 5) is 5.31. The molecule has 4 nitrogen and oxygen atoms in total. The number of nitrogens with zero attached hydrogens (tertiary/aromatic N) is 2. The van der Waals surface area contributed by atoms with Crippen molar-refractivity contribution >= 4 is 16.3 Å². The van der Waals surface area contributed by atoms with Crippen LogP contribution in [0.3, 0.4) is 0 Å². The van der Waals surface area contributed by atoms with Gasteiger partial charge in [0.15, 0.2) is 4.96 Å². The Hall–Kier alpha value is -0.910. The van der Waals surface area contributed by atoms with E-state index < -0.39 is 0 Å². The second-order valence-electron chi connectivity index (χ2n) is 3.65. The van der Waals surface area contributed by atoms with Crippen LogP contribution in [0.2, 0.25) is 0 Å². The van der Waals surface area contributed by atoms with E-state index in [4.69, 9.17) is 5.73 Å². The maximum absolute atomic E-state index is 5.53. The minimum absolute atomic E-state index is 0.391. The molecule has 0 unspecified atom stereocenters. The van der Waals surface area contributed by atoms with E-state index in [-0.39, 0.29) is 0 Å². The van der Waals surface area contributed by atoms with Gasteiger partial charge in [-0.15, -0.1) is 11.3 Å². The van der Waals surface area contributed by atoms with Crippen LogP contribution in [0.25, 0.3) is 4.96 Å². The predicted octanol–water partition coefficient (Wildman–Crippen LogP) is 0.875. The Morgan fingerprint density at radius 3 is 3.33 bits per heavy atom. The Morgan fingerprint density at radius 1 is 1.67 bits per heavy atom. The van der Waals surface area contributed by atoms with Crippen molar-refractivity contribution in [2.24, 2.45) is 5.73 Å². The largest absolute Gasteiger partial charge is 0.329 e. The van der Waals surface area contributed by atoms with Crippen molar-refractivity contribution in [2.75, 3.05) is 13.1 Å². The van der Waals surface area contributed by atoms with Gasteiger partial charge < -0.3 is 11.1 Å². The lowest BCUT2D eigenvalue weighted by Crippen LogP contribution is -2.34. The molecule has 2 aromatic rings. The molecule has 0 aromatic carbocycles. The van der Waals surface area contributed by atoms with Crippen molar-refractivity contribution in [1.82, 2.24) is 14.7 Å². The van der Waals surface area contributed by atoms with Crippen LogP contribution in [0, 0.1) is 0 Å². The second-order valence-corrected chi connectivity index (χ2v) is 4.48. The van der Waals surface area contributed by atoms with Crippen molar-refractivity contribution in [2.45, 2.75) is 19.4 Å². The SMILES string of the molecule is C[C@H](CN)NCCc1csc2nccn12. The van der Waals surface area contributed by atoms with Gasteiger partial charge in [-0.3, -0.25) is 4.40 Å². The molecule has 0 fully saturated rings. The molecule has 0 bridgehead atoms. The minimum atomic E-state index is 0.391. The van der Waals surface area contributed by atoms with E-state index >= 15 is 0 Å². The molecule has 0 saturated carbocycles. The van der Waals surface area contributed by atoms with Crippen LogP contribution in [0.15, 0.2) is 17.8 Å². The Balaban J connectivity index is 1.92. The third kappa shape index (κ3) is 2.37. The summed E-state index contributed by atoms with van der Waals surface area (Å²) >= 11 is 1.68. The van der Waals surface area contributed by atoms with Crippen LogP contribution >= 0.6 is 11.3 Å². The summed E-state index contributed by atoms with van der Waals surface area (Å²) in [6.07, 6.45) is 4.86. The molecular formula is C10H16N4S. The van der Waals surface area contributed by atoms with E-state index in [1.165, 1.54) is 5.69 Å². The van der Waals surface area contributed by atoms with Crippen molar-refractivity contribution in [3.8, 4) is 0 Å². The van der Waals surface area contributed by atoms with Crippen LogP contribution < -0.4 is 11.1 Å². The minimum Gasteiger partial charge on any atom is -0.329 e. The maximum atomic E-state index is 5.53. The highest BCUT2D eigenvalue weighted by molar-refractivity contribution is 7.15. The summed E-state index contributed by atoms with van der Waals surface area (Å²) in [7, 11) is 0. The quantitative estimate of drug-likeness (QED) is 0.792. The van der Waals surface area contributed by atoms with Crippen LogP contribution in [-0.4, -0.2) is 28.5 Å². The van der Waals surface area contributed by atoms with Crippen molar-refractivity contribution < 1.29 is 0 Å². The number of nitrogens with two attached hydrogens (primary N) is 1. The first-order valence-corrected chi connectivity index (χ1v) is 6.02. The zero-order chi connectivity index (χ0) is 10.7. The molecule has 15 heavy (non-hydrogen) atoms. The van der Waals surface area contributed by atoms with E-state index in [1.54, 1.807) is 11.3 Å².